The third kappa shape index (κ3) is 1.77. The number of nitrogens with zero attached hydrogens (tertiary/aromatic N) is 1. The first-order chi connectivity index (χ1) is 9.24. The van der Waals surface area contributed by atoms with E-state index in [1.54, 1.807) is 0 Å². The Kier molecular flexibility index (Phi) is 2.41. The Morgan fingerprint density at radius 1 is 1.11 bits per heavy atom. The van der Waals surface area contributed by atoms with Crippen molar-refractivity contribution in [2.75, 3.05) is 0 Å². The van der Waals surface area contributed by atoms with Crippen LogP contribution in [0.15, 0.2) is 36.7 Å². The molecular formula is C16H17NO2. The molecule has 3 heterocycles. The van der Waals surface area contributed by atoms with Crippen molar-refractivity contribution in [1.29, 1.82) is 0 Å². The molecule has 2 aromatic rings. The van der Waals surface area contributed by atoms with Crippen molar-refractivity contribution in [2.45, 2.75) is 43.5 Å². The molecule has 2 saturated heterocycles. The smallest absolute Gasteiger partial charge is 0.0966 e. The summed E-state index contributed by atoms with van der Waals surface area (Å²) in [6.07, 6.45) is 7.64. The molecular weight excluding hydrogens is 238 g/mol. The van der Waals surface area contributed by atoms with Crippen LogP contribution in [0.4, 0.5) is 0 Å². The van der Waals surface area contributed by atoms with Crippen LogP contribution in [0, 0.1) is 0 Å². The zero-order valence-electron chi connectivity index (χ0n) is 10.7. The molecule has 3 nitrogen and oxygen atoms in total. The van der Waals surface area contributed by atoms with Crippen LogP contribution in [-0.4, -0.2) is 22.3 Å². The van der Waals surface area contributed by atoms with Gasteiger partial charge in [-0.3, -0.25) is 4.98 Å². The van der Waals surface area contributed by atoms with Crippen LogP contribution in [0.2, 0.25) is 0 Å². The van der Waals surface area contributed by atoms with Crippen LogP contribution in [0.1, 0.15) is 31.2 Å². The van der Waals surface area contributed by atoms with Gasteiger partial charge in [0.05, 0.1) is 17.8 Å². The van der Waals surface area contributed by atoms with Gasteiger partial charge in [-0.25, -0.2) is 0 Å². The minimum atomic E-state index is -0.780. The molecule has 1 N–H and O–H groups in total. The van der Waals surface area contributed by atoms with Crippen molar-refractivity contribution in [3.63, 3.8) is 0 Å². The van der Waals surface area contributed by atoms with Gasteiger partial charge in [-0.15, -0.1) is 0 Å². The zero-order valence-corrected chi connectivity index (χ0v) is 10.7. The first-order valence-electron chi connectivity index (χ1n) is 6.96. The maximum atomic E-state index is 11.1. The summed E-state index contributed by atoms with van der Waals surface area (Å²) < 4.78 is 5.85. The molecule has 1 aromatic carbocycles. The van der Waals surface area contributed by atoms with Gasteiger partial charge in [0.15, 0.2) is 0 Å². The van der Waals surface area contributed by atoms with E-state index in [9.17, 15) is 5.11 Å². The van der Waals surface area contributed by atoms with Gasteiger partial charge in [-0.2, -0.15) is 0 Å². The van der Waals surface area contributed by atoms with Crippen LogP contribution in [0.5, 0.6) is 0 Å². The second-order valence-electron chi connectivity index (χ2n) is 5.81. The fraction of sp³-hybridized carbons (Fsp3) is 0.438. The molecule has 2 fully saturated rings. The van der Waals surface area contributed by atoms with Gasteiger partial charge >= 0.3 is 0 Å². The number of ether oxygens (including phenoxy) is 1. The lowest BCUT2D eigenvalue weighted by atomic mass is 9.82. The van der Waals surface area contributed by atoms with Crippen molar-refractivity contribution >= 4 is 10.8 Å². The number of benzene rings is 1. The summed E-state index contributed by atoms with van der Waals surface area (Å²) in [5.41, 5.74) is 0.184. The van der Waals surface area contributed by atoms with Crippen LogP contribution < -0.4 is 0 Å². The van der Waals surface area contributed by atoms with Crippen molar-refractivity contribution in [3.05, 3.63) is 42.2 Å². The van der Waals surface area contributed by atoms with Gasteiger partial charge in [-0.05, 0) is 18.2 Å². The minimum Gasteiger partial charge on any atom is -0.385 e. The van der Waals surface area contributed by atoms with E-state index in [0.717, 1.165) is 29.2 Å². The fourth-order valence-electron chi connectivity index (χ4n) is 3.62. The molecule has 2 aliphatic heterocycles. The Bertz CT molecular complexity index is 608. The third-order valence-electron chi connectivity index (χ3n) is 4.50. The zero-order chi connectivity index (χ0) is 12.9. The van der Waals surface area contributed by atoms with E-state index in [2.05, 4.69) is 11.1 Å². The monoisotopic (exact) mass is 255 g/mol. The summed E-state index contributed by atoms with van der Waals surface area (Å²) in [4.78, 5) is 4.30. The van der Waals surface area contributed by atoms with Crippen molar-refractivity contribution in [1.82, 2.24) is 4.98 Å². The molecule has 0 amide bonds. The number of hydrogen-bond donors (Lipinski definition) is 1. The maximum Gasteiger partial charge on any atom is 0.0966 e. The second kappa shape index (κ2) is 4.02. The summed E-state index contributed by atoms with van der Waals surface area (Å²) in [6, 6.07) is 8.14. The number of rotatable bonds is 1. The van der Waals surface area contributed by atoms with Gasteiger partial charge < -0.3 is 9.84 Å². The van der Waals surface area contributed by atoms with Crippen LogP contribution in [0.3, 0.4) is 0 Å². The second-order valence-corrected chi connectivity index (χ2v) is 5.81. The fourth-order valence-corrected chi connectivity index (χ4v) is 3.62. The van der Waals surface area contributed by atoms with E-state index in [1.807, 2.05) is 30.6 Å². The molecule has 2 bridgehead atoms. The molecule has 0 aliphatic carbocycles. The Hall–Kier alpha value is -1.45. The summed E-state index contributed by atoms with van der Waals surface area (Å²) in [5.74, 6) is 0. The van der Waals surface area contributed by atoms with Gasteiger partial charge in [0.1, 0.15) is 0 Å². The first kappa shape index (κ1) is 11.4. The highest BCUT2D eigenvalue weighted by Crippen LogP contribution is 2.45. The lowest BCUT2D eigenvalue weighted by Gasteiger charge is -2.37. The highest BCUT2D eigenvalue weighted by Gasteiger charge is 2.45. The summed E-state index contributed by atoms with van der Waals surface area (Å²) in [7, 11) is 0. The van der Waals surface area contributed by atoms with E-state index in [4.69, 9.17) is 4.74 Å². The van der Waals surface area contributed by atoms with Crippen LogP contribution in [-0.2, 0) is 10.3 Å². The standard InChI is InChI=1S/C16H17NO2/c18-16(7-12-5-6-13(8-16)19-12)15-10-17-9-11-3-1-2-4-14(11)15/h1-4,9-10,12-13,18H,5-8H2. The third-order valence-corrected chi connectivity index (χ3v) is 4.50. The van der Waals surface area contributed by atoms with Gasteiger partial charge in [-0.1, -0.05) is 24.3 Å². The molecule has 4 rings (SSSR count). The van der Waals surface area contributed by atoms with Gasteiger partial charge in [0.2, 0.25) is 0 Å². The first-order valence-corrected chi connectivity index (χ1v) is 6.96. The van der Waals surface area contributed by atoms with E-state index >= 15 is 0 Å². The molecule has 2 atom stereocenters. The van der Waals surface area contributed by atoms with E-state index in [1.165, 1.54) is 0 Å². The van der Waals surface area contributed by atoms with Crippen LogP contribution >= 0.6 is 0 Å². The molecule has 3 heteroatoms. The average molecular weight is 255 g/mol. The predicted molar refractivity (Wildman–Crippen MR) is 72.8 cm³/mol. The molecule has 98 valence electrons. The number of fused-ring (bicyclic) bond motifs is 3. The SMILES string of the molecule is OC1(c2cncc3ccccc23)CC2CCC(C1)O2. The Morgan fingerprint density at radius 2 is 1.84 bits per heavy atom. The topological polar surface area (TPSA) is 42.4 Å². The quantitative estimate of drug-likeness (QED) is 0.852. The molecule has 1 aromatic heterocycles. The van der Waals surface area contributed by atoms with E-state index in [0.29, 0.717) is 12.8 Å². The van der Waals surface area contributed by atoms with Crippen molar-refractivity contribution in [2.24, 2.45) is 0 Å². The van der Waals surface area contributed by atoms with Gasteiger partial charge in [0, 0.05) is 36.2 Å². The Morgan fingerprint density at radius 3 is 2.63 bits per heavy atom. The normalized spacial score (nSPS) is 33.7. The maximum absolute atomic E-state index is 11.1. The van der Waals surface area contributed by atoms with Gasteiger partial charge in [0.25, 0.3) is 0 Å². The number of aliphatic hydroxyl groups is 1. The molecule has 2 aliphatic rings. The van der Waals surface area contributed by atoms with Crippen LogP contribution in [0.25, 0.3) is 10.8 Å². The van der Waals surface area contributed by atoms with E-state index < -0.39 is 5.60 Å². The molecule has 0 saturated carbocycles. The predicted octanol–water partition coefficient (Wildman–Crippen LogP) is 2.76. The largest absolute Gasteiger partial charge is 0.385 e. The minimum absolute atomic E-state index is 0.211. The molecule has 2 unspecified atom stereocenters. The molecule has 0 spiro atoms. The number of pyridine rings is 1. The number of hydrogen-bond acceptors (Lipinski definition) is 3. The Labute approximate surface area is 112 Å². The summed E-state index contributed by atoms with van der Waals surface area (Å²) in [6.45, 7) is 0. The highest BCUT2D eigenvalue weighted by atomic mass is 16.5. The number of aromatic nitrogens is 1. The average Bonchev–Trinajstić information content (AvgIpc) is 2.78. The lowest BCUT2D eigenvalue weighted by Crippen LogP contribution is -2.38. The summed E-state index contributed by atoms with van der Waals surface area (Å²) in [5, 5.41) is 13.3. The summed E-state index contributed by atoms with van der Waals surface area (Å²) >= 11 is 0. The highest BCUT2D eigenvalue weighted by molar-refractivity contribution is 5.85. The van der Waals surface area contributed by atoms with E-state index in [-0.39, 0.29) is 12.2 Å². The van der Waals surface area contributed by atoms with Crippen molar-refractivity contribution < 1.29 is 9.84 Å². The Balaban J connectivity index is 1.85. The van der Waals surface area contributed by atoms with Crippen molar-refractivity contribution in [3.8, 4) is 0 Å². The lowest BCUT2D eigenvalue weighted by molar-refractivity contribution is -0.115. The molecule has 19 heavy (non-hydrogen) atoms. The molecule has 0 radical (unpaired) electrons.